The van der Waals surface area contributed by atoms with E-state index in [1.165, 1.54) is 0 Å². The Labute approximate surface area is 104 Å². The predicted octanol–water partition coefficient (Wildman–Crippen LogP) is 3.81. The highest BCUT2D eigenvalue weighted by atomic mass is 16.3. The predicted molar refractivity (Wildman–Crippen MR) is 70.3 cm³/mol. The SMILES string of the molecule is CC(=O)CC[C@@H](c1cc(C)ccc1O)C(C)C. The fourth-order valence-corrected chi connectivity index (χ4v) is 2.18. The molecule has 1 atom stereocenters. The minimum Gasteiger partial charge on any atom is -0.508 e. The van der Waals surface area contributed by atoms with Crippen LogP contribution in [-0.4, -0.2) is 10.9 Å². The molecule has 0 amide bonds. The van der Waals surface area contributed by atoms with E-state index in [9.17, 15) is 9.90 Å². The number of carbonyl (C=O) groups is 1. The van der Waals surface area contributed by atoms with Gasteiger partial charge in [-0.1, -0.05) is 31.5 Å². The fourth-order valence-electron chi connectivity index (χ4n) is 2.18. The zero-order chi connectivity index (χ0) is 13.0. The highest BCUT2D eigenvalue weighted by Gasteiger charge is 2.19. The van der Waals surface area contributed by atoms with Crippen molar-refractivity contribution in [2.45, 2.75) is 46.5 Å². The number of phenolic OH excluding ortho intramolecular Hbond substituents is 1. The molecule has 0 saturated carbocycles. The van der Waals surface area contributed by atoms with E-state index < -0.39 is 0 Å². The third kappa shape index (κ3) is 3.88. The van der Waals surface area contributed by atoms with Crippen LogP contribution in [0, 0.1) is 12.8 Å². The number of rotatable bonds is 5. The lowest BCUT2D eigenvalue weighted by atomic mass is 9.83. The minimum absolute atomic E-state index is 0.211. The lowest BCUT2D eigenvalue weighted by Crippen LogP contribution is -2.09. The van der Waals surface area contributed by atoms with Gasteiger partial charge in [-0.15, -0.1) is 0 Å². The Morgan fingerprint density at radius 3 is 2.53 bits per heavy atom. The molecule has 0 aliphatic carbocycles. The lowest BCUT2D eigenvalue weighted by Gasteiger charge is -2.22. The highest BCUT2D eigenvalue weighted by Crippen LogP contribution is 2.35. The first-order valence-corrected chi connectivity index (χ1v) is 6.20. The van der Waals surface area contributed by atoms with E-state index in [0.29, 0.717) is 18.1 Å². The number of hydrogen-bond acceptors (Lipinski definition) is 2. The lowest BCUT2D eigenvalue weighted by molar-refractivity contribution is -0.117. The maximum atomic E-state index is 11.1. The Morgan fingerprint density at radius 2 is 2.00 bits per heavy atom. The second kappa shape index (κ2) is 5.85. The molecule has 0 heterocycles. The molecule has 0 aliphatic rings. The average molecular weight is 234 g/mol. The van der Waals surface area contributed by atoms with Crippen molar-refractivity contribution in [3.63, 3.8) is 0 Å². The van der Waals surface area contributed by atoms with Gasteiger partial charge in [0, 0.05) is 6.42 Å². The number of phenols is 1. The van der Waals surface area contributed by atoms with Crippen molar-refractivity contribution < 1.29 is 9.90 Å². The topological polar surface area (TPSA) is 37.3 Å². The van der Waals surface area contributed by atoms with Crippen molar-refractivity contribution in [1.29, 1.82) is 0 Å². The molecule has 0 bridgehead atoms. The maximum Gasteiger partial charge on any atom is 0.129 e. The van der Waals surface area contributed by atoms with Gasteiger partial charge in [-0.05, 0) is 43.7 Å². The number of carbonyl (C=O) groups excluding carboxylic acids is 1. The Bertz CT molecular complexity index is 394. The molecule has 1 rings (SSSR count). The second-order valence-electron chi connectivity index (χ2n) is 5.15. The van der Waals surface area contributed by atoms with Crippen molar-refractivity contribution in [1.82, 2.24) is 0 Å². The van der Waals surface area contributed by atoms with Crippen molar-refractivity contribution in [3.05, 3.63) is 29.3 Å². The number of ketones is 1. The maximum absolute atomic E-state index is 11.1. The van der Waals surface area contributed by atoms with Crippen LogP contribution in [0.25, 0.3) is 0 Å². The van der Waals surface area contributed by atoms with E-state index in [4.69, 9.17) is 0 Å². The number of aromatic hydroxyl groups is 1. The van der Waals surface area contributed by atoms with Gasteiger partial charge in [0.2, 0.25) is 0 Å². The summed E-state index contributed by atoms with van der Waals surface area (Å²) in [5, 5.41) is 9.93. The molecule has 0 aliphatic heterocycles. The monoisotopic (exact) mass is 234 g/mol. The van der Waals surface area contributed by atoms with Gasteiger partial charge in [-0.3, -0.25) is 0 Å². The number of Topliss-reactive ketones (excluding diaryl/α,β-unsaturated/α-hetero) is 1. The fraction of sp³-hybridized carbons (Fsp3) is 0.533. The summed E-state index contributed by atoms with van der Waals surface area (Å²) < 4.78 is 0. The second-order valence-corrected chi connectivity index (χ2v) is 5.15. The smallest absolute Gasteiger partial charge is 0.129 e. The van der Waals surface area contributed by atoms with Gasteiger partial charge in [-0.2, -0.15) is 0 Å². The third-order valence-electron chi connectivity index (χ3n) is 3.19. The standard InChI is InChI=1S/C15H22O2/c1-10(2)13(7-6-12(4)16)14-9-11(3)5-8-15(14)17/h5,8-10,13,17H,6-7H2,1-4H3/t13-/m1/s1. The van der Waals surface area contributed by atoms with Gasteiger partial charge in [0.05, 0.1) is 0 Å². The van der Waals surface area contributed by atoms with Crippen LogP contribution in [0.1, 0.15) is 50.7 Å². The first kappa shape index (κ1) is 13.8. The Morgan fingerprint density at radius 1 is 1.35 bits per heavy atom. The average Bonchev–Trinajstić information content (AvgIpc) is 2.22. The Kier molecular flexibility index (Phi) is 4.73. The van der Waals surface area contributed by atoms with Crippen LogP contribution in [-0.2, 0) is 4.79 Å². The Hall–Kier alpha value is -1.31. The molecule has 0 aromatic heterocycles. The summed E-state index contributed by atoms with van der Waals surface area (Å²) in [4.78, 5) is 11.1. The number of aryl methyl sites for hydroxylation is 1. The van der Waals surface area contributed by atoms with Gasteiger partial charge < -0.3 is 9.90 Å². The molecular formula is C15H22O2. The highest BCUT2D eigenvalue weighted by molar-refractivity contribution is 5.75. The van der Waals surface area contributed by atoms with E-state index >= 15 is 0 Å². The number of benzene rings is 1. The molecule has 1 N–H and O–H groups in total. The summed E-state index contributed by atoms with van der Waals surface area (Å²) in [6, 6.07) is 5.68. The molecular weight excluding hydrogens is 212 g/mol. The quantitative estimate of drug-likeness (QED) is 0.841. The van der Waals surface area contributed by atoms with Gasteiger partial charge in [0.25, 0.3) is 0 Å². The molecule has 94 valence electrons. The van der Waals surface area contributed by atoms with E-state index in [0.717, 1.165) is 17.5 Å². The van der Waals surface area contributed by atoms with Crippen LogP contribution in [0.3, 0.4) is 0 Å². The van der Waals surface area contributed by atoms with Crippen molar-refractivity contribution in [2.75, 3.05) is 0 Å². The summed E-state index contributed by atoms with van der Waals surface area (Å²) in [5.74, 6) is 1.22. The normalized spacial score (nSPS) is 12.8. The molecule has 1 aromatic carbocycles. The molecule has 0 unspecified atom stereocenters. The molecule has 0 saturated heterocycles. The number of hydrogen-bond donors (Lipinski definition) is 1. The van der Waals surface area contributed by atoms with Crippen LogP contribution in [0.4, 0.5) is 0 Å². The van der Waals surface area contributed by atoms with Crippen LogP contribution in [0.5, 0.6) is 5.75 Å². The summed E-state index contributed by atoms with van der Waals surface area (Å²) in [7, 11) is 0. The minimum atomic E-state index is 0.211. The molecule has 0 radical (unpaired) electrons. The zero-order valence-electron chi connectivity index (χ0n) is 11.2. The van der Waals surface area contributed by atoms with Crippen LogP contribution in [0.15, 0.2) is 18.2 Å². The molecule has 1 aromatic rings. The zero-order valence-corrected chi connectivity index (χ0v) is 11.2. The van der Waals surface area contributed by atoms with E-state index in [-0.39, 0.29) is 11.7 Å². The van der Waals surface area contributed by atoms with E-state index in [1.54, 1.807) is 13.0 Å². The third-order valence-corrected chi connectivity index (χ3v) is 3.19. The van der Waals surface area contributed by atoms with Crippen molar-refractivity contribution in [2.24, 2.45) is 5.92 Å². The molecule has 17 heavy (non-hydrogen) atoms. The molecule has 0 fully saturated rings. The summed E-state index contributed by atoms with van der Waals surface area (Å²) >= 11 is 0. The van der Waals surface area contributed by atoms with Gasteiger partial charge in [0.1, 0.15) is 11.5 Å². The van der Waals surface area contributed by atoms with Gasteiger partial charge >= 0.3 is 0 Å². The Balaban J connectivity index is 2.96. The van der Waals surface area contributed by atoms with Gasteiger partial charge in [0.15, 0.2) is 0 Å². The van der Waals surface area contributed by atoms with Crippen LogP contribution in [0.2, 0.25) is 0 Å². The van der Waals surface area contributed by atoms with Crippen molar-refractivity contribution in [3.8, 4) is 5.75 Å². The molecule has 0 spiro atoms. The van der Waals surface area contributed by atoms with Crippen LogP contribution >= 0.6 is 0 Å². The molecule has 2 heteroatoms. The van der Waals surface area contributed by atoms with Crippen LogP contribution < -0.4 is 0 Å². The first-order chi connectivity index (χ1) is 7.91. The summed E-state index contributed by atoms with van der Waals surface area (Å²) in [6.45, 7) is 7.90. The summed E-state index contributed by atoms with van der Waals surface area (Å²) in [5.41, 5.74) is 2.12. The first-order valence-electron chi connectivity index (χ1n) is 6.20. The van der Waals surface area contributed by atoms with E-state index in [1.807, 2.05) is 19.1 Å². The van der Waals surface area contributed by atoms with Crippen molar-refractivity contribution >= 4 is 5.78 Å². The largest absolute Gasteiger partial charge is 0.508 e. The van der Waals surface area contributed by atoms with E-state index in [2.05, 4.69) is 13.8 Å². The summed E-state index contributed by atoms with van der Waals surface area (Å²) in [6.07, 6.45) is 1.39. The van der Waals surface area contributed by atoms with Gasteiger partial charge in [-0.25, -0.2) is 0 Å². The molecule has 2 nitrogen and oxygen atoms in total.